The number of pyridine rings is 2. The number of nitrogens with one attached hydrogen (secondary N) is 1. The zero-order valence-electron chi connectivity index (χ0n) is 31.6. The maximum Gasteiger partial charge on any atom is 0.142 e. The van der Waals surface area contributed by atoms with E-state index in [2.05, 4.69) is 83.4 Å². The lowest BCUT2D eigenvalue weighted by Crippen LogP contribution is -2.36. The molecule has 54 heavy (non-hydrogen) atoms. The first-order valence-corrected chi connectivity index (χ1v) is 19.4. The summed E-state index contributed by atoms with van der Waals surface area (Å²) in [4.78, 5) is 11.1. The number of piperidine rings is 1. The number of nitrogens with zero attached hydrogens (tertiary/aromatic N) is 4. The summed E-state index contributed by atoms with van der Waals surface area (Å²) in [5.41, 5.74) is 9.04. The van der Waals surface area contributed by atoms with Crippen LogP contribution < -0.4 is 19.5 Å². The SMILES string of the molecule is Cc1c(COc2cc(OCc3cncc(C#N)c3)c(CN3CCCC[C@H]3C)cc2Cl)cccc1-c1cccc(OCCCNCCc2ccccn2)c1C. The Kier molecular flexibility index (Phi) is 13.9. The molecule has 1 saturated heterocycles. The molecule has 0 saturated carbocycles. The van der Waals surface area contributed by atoms with E-state index in [1.165, 1.54) is 19.3 Å². The Hall–Kier alpha value is -4.94. The highest BCUT2D eigenvalue weighted by molar-refractivity contribution is 6.32. The summed E-state index contributed by atoms with van der Waals surface area (Å²) in [5, 5.41) is 13.4. The van der Waals surface area contributed by atoms with Crippen LogP contribution in [0.2, 0.25) is 5.02 Å². The zero-order valence-corrected chi connectivity index (χ0v) is 32.4. The van der Waals surface area contributed by atoms with Gasteiger partial charge >= 0.3 is 0 Å². The molecule has 0 aliphatic carbocycles. The first-order valence-electron chi connectivity index (χ1n) is 19.0. The van der Waals surface area contributed by atoms with Crippen LogP contribution in [0.3, 0.4) is 0 Å². The smallest absolute Gasteiger partial charge is 0.142 e. The number of hydrogen-bond acceptors (Lipinski definition) is 8. The Balaban J connectivity index is 1.11. The summed E-state index contributed by atoms with van der Waals surface area (Å²) in [7, 11) is 0. The van der Waals surface area contributed by atoms with Crippen molar-refractivity contribution in [3.05, 3.63) is 135 Å². The summed E-state index contributed by atoms with van der Waals surface area (Å²) >= 11 is 6.92. The monoisotopic (exact) mass is 743 g/mol. The van der Waals surface area contributed by atoms with E-state index in [-0.39, 0.29) is 6.61 Å². The molecule has 5 aromatic rings. The van der Waals surface area contributed by atoms with E-state index >= 15 is 0 Å². The molecule has 1 fully saturated rings. The van der Waals surface area contributed by atoms with Gasteiger partial charge in [-0.15, -0.1) is 0 Å². The molecule has 9 heteroatoms. The van der Waals surface area contributed by atoms with Crippen molar-refractivity contribution < 1.29 is 14.2 Å². The van der Waals surface area contributed by atoms with E-state index in [1.54, 1.807) is 18.5 Å². The molecule has 0 bridgehead atoms. The zero-order chi connectivity index (χ0) is 37.7. The number of rotatable bonds is 17. The fourth-order valence-corrected chi connectivity index (χ4v) is 7.20. The van der Waals surface area contributed by atoms with Crippen molar-refractivity contribution in [1.82, 2.24) is 20.2 Å². The van der Waals surface area contributed by atoms with Crippen LogP contribution in [0.4, 0.5) is 0 Å². The Bertz CT molecular complexity index is 2030. The van der Waals surface area contributed by atoms with E-state index in [0.29, 0.717) is 41.3 Å². The molecule has 280 valence electrons. The number of hydrogen-bond donors (Lipinski definition) is 1. The molecular formula is C45H50ClN5O3. The second kappa shape index (κ2) is 19.4. The van der Waals surface area contributed by atoms with Gasteiger partial charge in [0.15, 0.2) is 0 Å². The lowest BCUT2D eigenvalue weighted by molar-refractivity contribution is 0.150. The molecule has 2 aromatic heterocycles. The molecule has 6 rings (SSSR count). The third-order valence-electron chi connectivity index (χ3n) is 10.2. The lowest BCUT2D eigenvalue weighted by Gasteiger charge is -2.33. The van der Waals surface area contributed by atoms with Crippen molar-refractivity contribution >= 4 is 11.6 Å². The average molecular weight is 744 g/mol. The third-order valence-corrected chi connectivity index (χ3v) is 10.5. The van der Waals surface area contributed by atoms with Gasteiger partial charge in [-0.05, 0) is 111 Å². The molecule has 0 radical (unpaired) electrons. The Morgan fingerprint density at radius 1 is 0.852 bits per heavy atom. The molecule has 3 heterocycles. The minimum Gasteiger partial charge on any atom is -0.493 e. The highest BCUT2D eigenvalue weighted by Crippen LogP contribution is 2.37. The van der Waals surface area contributed by atoms with Crippen LogP contribution in [0.15, 0.2) is 91.4 Å². The maximum atomic E-state index is 9.36. The standard InChI is InChI=1S/C45H50ClN5O3/c1-32-11-5-7-21-51(32)29-38-24-42(46)45(25-44(38)53-30-36-23-35(26-47)27-49-28-36)54-31-37-12-8-14-40(33(37)2)41-15-9-16-43(34(41)3)52-22-10-18-48-20-17-39-13-4-6-19-50-39/h4,6,8-9,12-16,19,23-25,27-28,32,48H,5,7,10-11,17-18,20-22,29-31H2,1-3H3/t32-/m1/s1. The molecule has 1 aliphatic heterocycles. The number of nitriles is 1. The van der Waals surface area contributed by atoms with Crippen molar-refractivity contribution in [2.24, 2.45) is 0 Å². The quantitative estimate of drug-likeness (QED) is 0.0943. The number of halogens is 1. The van der Waals surface area contributed by atoms with Gasteiger partial charge in [-0.3, -0.25) is 14.9 Å². The maximum absolute atomic E-state index is 9.36. The van der Waals surface area contributed by atoms with E-state index in [1.807, 2.05) is 36.5 Å². The molecule has 0 unspecified atom stereocenters. The second-order valence-electron chi connectivity index (χ2n) is 14.0. The molecule has 3 aromatic carbocycles. The van der Waals surface area contributed by atoms with Crippen LogP contribution in [0.5, 0.6) is 17.2 Å². The van der Waals surface area contributed by atoms with Crippen molar-refractivity contribution in [3.63, 3.8) is 0 Å². The van der Waals surface area contributed by atoms with Crippen LogP contribution in [0.25, 0.3) is 11.1 Å². The van der Waals surface area contributed by atoms with Gasteiger partial charge in [-0.1, -0.05) is 54.4 Å². The fraction of sp³-hybridized carbons (Fsp3) is 0.356. The van der Waals surface area contributed by atoms with Gasteiger partial charge in [0.1, 0.15) is 36.5 Å². The van der Waals surface area contributed by atoms with Gasteiger partial charge in [0, 0.05) is 67.0 Å². The number of benzene rings is 3. The van der Waals surface area contributed by atoms with Crippen molar-refractivity contribution in [2.75, 3.05) is 26.2 Å². The van der Waals surface area contributed by atoms with Gasteiger partial charge in [-0.25, -0.2) is 0 Å². The van der Waals surface area contributed by atoms with Gasteiger partial charge in [0.2, 0.25) is 0 Å². The molecule has 1 N–H and O–H groups in total. The van der Waals surface area contributed by atoms with Crippen LogP contribution in [-0.4, -0.2) is 47.2 Å². The topological polar surface area (TPSA) is 92.5 Å². The van der Waals surface area contributed by atoms with Gasteiger partial charge < -0.3 is 19.5 Å². The Morgan fingerprint density at radius 3 is 2.50 bits per heavy atom. The van der Waals surface area contributed by atoms with E-state index in [4.69, 9.17) is 25.8 Å². The first kappa shape index (κ1) is 38.8. The highest BCUT2D eigenvalue weighted by atomic mass is 35.5. The van der Waals surface area contributed by atoms with Crippen molar-refractivity contribution in [3.8, 4) is 34.4 Å². The minimum absolute atomic E-state index is 0.277. The van der Waals surface area contributed by atoms with E-state index in [0.717, 1.165) is 89.4 Å². The Labute approximate surface area is 325 Å². The normalized spacial score (nSPS) is 14.4. The van der Waals surface area contributed by atoms with Crippen LogP contribution >= 0.6 is 11.6 Å². The minimum atomic E-state index is 0.277. The van der Waals surface area contributed by atoms with Crippen LogP contribution in [0.1, 0.15) is 71.7 Å². The summed E-state index contributed by atoms with van der Waals surface area (Å²) in [5.74, 6) is 2.18. The molecular weight excluding hydrogens is 694 g/mol. The van der Waals surface area contributed by atoms with E-state index < -0.39 is 0 Å². The molecule has 8 nitrogen and oxygen atoms in total. The largest absolute Gasteiger partial charge is 0.493 e. The Morgan fingerprint density at radius 2 is 1.69 bits per heavy atom. The van der Waals surface area contributed by atoms with Crippen molar-refractivity contribution in [1.29, 1.82) is 5.26 Å². The van der Waals surface area contributed by atoms with Crippen LogP contribution in [0, 0.1) is 25.2 Å². The summed E-state index contributed by atoms with van der Waals surface area (Å²) < 4.78 is 19.1. The van der Waals surface area contributed by atoms with E-state index in [9.17, 15) is 5.26 Å². The molecule has 1 atom stereocenters. The lowest BCUT2D eigenvalue weighted by atomic mass is 9.93. The fourth-order valence-electron chi connectivity index (χ4n) is 6.96. The van der Waals surface area contributed by atoms with Gasteiger partial charge in [-0.2, -0.15) is 5.26 Å². The predicted molar refractivity (Wildman–Crippen MR) is 215 cm³/mol. The third kappa shape index (κ3) is 10.4. The van der Waals surface area contributed by atoms with Gasteiger partial charge in [0.25, 0.3) is 0 Å². The van der Waals surface area contributed by atoms with Gasteiger partial charge in [0.05, 0.1) is 17.2 Å². The number of likely N-dealkylation sites (tertiary alicyclic amines) is 1. The summed E-state index contributed by atoms with van der Waals surface area (Å²) in [6, 6.07) is 26.9. The average Bonchev–Trinajstić information content (AvgIpc) is 3.19. The van der Waals surface area contributed by atoms with Crippen molar-refractivity contribution in [2.45, 2.75) is 78.7 Å². The second-order valence-corrected chi connectivity index (χ2v) is 14.4. The predicted octanol–water partition coefficient (Wildman–Crippen LogP) is 9.42. The molecule has 0 spiro atoms. The van der Waals surface area contributed by atoms with Crippen LogP contribution in [-0.2, 0) is 26.2 Å². The highest BCUT2D eigenvalue weighted by Gasteiger charge is 2.22. The summed E-state index contributed by atoms with van der Waals surface area (Å²) in [6.45, 7) is 11.4. The molecule has 0 amide bonds. The number of aromatic nitrogens is 2. The number of ether oxygens (including phenoxy) is 3. The molecule has 1 aliphatic rings. The summed E-state index contributed by atoms with van der Waals surface area (Å²) in [6.07, 6.45) is 10.6. The first-order chi connectivity index (χ1) is 26.4.